The topological polar surface area (TPSA) is 275 Å². The van der Waals surface area contributed by atoms with E-state index in [1.165, 1.54) is 26.4 Å². The van der Waals surface area contributed by atoms with Crippen LogP contribution < -0.4 is 23.7 Å². The number of hydrogen-bond acceptors (Lipinski definition) is 17. The number of para-hydroxylation sites is 1. The number of nitro groups is 2. The van der Waals surface area contributed by atoms with Crippen LogP contribution in [0.25, 0.3) is 0 Å². The maximum Gasteiger partial charge on any atom is 0.274 e. The number of phenolic OH excluding ortho intramolecular Hbond substituents is 1. The molecule has 0 amide bonds. The minimum Gasteiger partial charge on any atom is -0.504 e. The average Bonchev–Trinajstić information content (AvgIpc) is 4.04. The van der Waals surface area contributed by atoms with Crippen LogP contribution in [-0.4, -0.2) is 67.4 Å². The molecule has 0 atom stereocenters. The number of carbonyl (C=O) groups is 5. The first-order valence-corrected chi connectivity index (χ1v) is 18.7. The summed E-state index contributed by atoms with van der Waals surface area (Å²) in [5, 5.41) is 38.7. The molecule has 334 valence electrons. The van der Waals surface area contributed by atoms with Gasteiger partial charge in [0.25, 0.3) is 11.4 Å². The summed E-state index contributed by atoms with van der Waals surface area (Å²) in [7, 11) is 2.73. The lowest BCUT2D eigenvalue weighted by Crippen LogP contribution is -1.98. The largest absolute Gasteiger partial charge is 0.504 e. The summed E-state index contributed by atoms with van der Waals surface area (Å²) in [6.07, 6.45) is 4.03. The van der Waals surface area contributed by atoms with Gasteiger partial charge in [-0.1, -0.05) is 31.2 Å². The molecule has 2 heterocycles. The molecular weight excluding hydrogens is 851 g/mol. The van der Waals surface area contributed by atoms with E-state index in [1.807, 2.05) is 19.1 Å². The Morgan fingerprint density at radius 1 is 0.692 bits per heavy atom. The van der Waals surface area contributed by atoms with E-state index in [0.29, 0.717) is 69.9 Å². The standard InChI is InChI=1S/C15H13NO5.C8H7NO5.C8H5NO.C8H6O3.C7H8O2/c1-20-15-8-12(9-17)4-7-14(15)21-10-11-2-5-13(6-3-11)16(18)19;1-14-7-3-6(9(12)13)2-5(4-10)8(7)11;9-5-7-3-1-2-4-8(7)6-10;9-4-6-2-1-3-7-8(6)11-5-10-7;1-2-6-3-4-7(5-8)9-6/h2-9H,10H2,1H3;2-4,11H,1H3;1-4,6H;1-4H,5H2;3-5H,2H2,1H3. The Balaban J connectivity index is 0.000000224. The Bertz CT molecular complexity index is 2630. The molecule has 0 fully saturated rings. The second-order valence-electron chi connectivity index (χ2n) is 12.5. The van der Waals surface area contributed by atoms with Gasteiger partial charge in [0.1, 0.15) is 18.7 Å². The number of nitrogens with zero attached hydrogens (tertiary/aromatic N) is 3. The van der Waals surface area contributed by atoms with E-state index in [9.17, 15) is 49.3 Å². The quantitative estimate of drug-likeness (QED) is 0.0647. The number of hydrogen-bond donors (Lipinski definition) is 1. The van der Waals surface area contributed by atoms with Gasteiger partial charge in [0, 0.05) is 35.7 Å². The number of benzene rings is 5. The summed E-state index contributed by atoms with van der Waals surface area (Å²) >= 11 is 0. The molecule has 0 spiro atoms. The second kappa shape index (κ2) is 26.2. The molecule has 0 aliphatic carbocycles. The summed E-state index contributed by atoms with van der Waals surface area (Å²) in [4.78, 5) is 71.7. The predicted molar refractivity (Wildman–Crippen MR) is 230 cm³/mol. The number of aryl methyl sites for hydroxylation is 1. The number of nitro benzene ring substituents is 2. The number of carbonyl (C=O) groups excluding carboxylic acids is 5. The molecule has 0 saturated carbocycles. The zero-order valence-electron chi connectivity index (χ0n) is 34.8. The van der Waals surface area contributed by atoms with E-state index in [4.69, 9.17) is 28.6 Å². The smallest absolute Gasteiger partial charge is 0.274 e. The third-order valence-corrected chi connectivity index (χ3v) is 8.42. The third kappa shape index (κ3) is 15.0. The van der Waals surface area contributed by atoms with Gasteiger partial charge in [0.05, 0.1) is 52.9 Å². The van der Waals surface area contributed by atoms with Crippen molar-refractivity contribution < 1.29 is 67.0 Å². The SMILES string of the molecule is CCc1ccc(C=O)o1.COc1cc(C=O)ccc1OCc1ccc([N+](=O)[O-])cc1.COc1cc([N+](=O)[O-])cc(C=O)c1O.N#Cc1ccccc1C=O.O=Cc1cccc2c1OCO2. The van der Waals surface area contributed by atoms with Crippen molar-refractivity contribution in [1.29, 1.82) is 5.26 Å². The van der Waals surface area contributed by atoms with Crippen molar-refractivity contribution in [3.05, 3.63) is 174 Å². The fraction of sp³-hybridized carbons (Fsp3) is 0.130. The van der Waals surface area contributed by atoms with Crippen LogP contribution >= 0.6 is 0 Å². The lowest BCUT2D eigenvalue weighted by atomic mass is 10.1. The van der Waals surface area contributed by atoms with E-state index in [0.717, 1.165) is 42.4 Å². The minimum absolute atomic E-state index is 0.0340. The van der Waals surface area contributed by atoms with E-state index in [1.54, 1.807) is 78.9 Å². The van der Waals surface area contributed by atoms with Crippen molar-refractivity contribution in [2.75, 3.05) is 21.0 Å². The molecule has 0 unspecified atom stereocenters. The molecule has 0 saturated heterocycles. The Hall–Kier alpha value is -9.18. The number of fused-ring (bicyclic) bond motifs is 1. The molecule has 7 rings (SSSR count). The van der Waals surface area contributed by atoms with Crippen LogP contribution in [0.3, 0.4) is 0 Å². The fourth-order valence-corrected chi connectivity index (χ4v) is 5.11. The Morgan fingerprint density at radius 2 is 1.35 bits per heavy atom. The highest BCUT2D eigenvalue weighted by Crippen LogP contribution is 2.35. The number of aldehydes is 5. The summed E-state index contributed by atoms with van der Waals surface area (Å²) in [5.74, 6) is 2.94. The van der Waals surface area contributed by atoms with Crippen LogP contribution in [0.15, 0.2) is 114 Å². The molecule has 6 aromatic rings. The minimum atomic E-state index is -0.672. The highest BCUT2D eigenvalue weighted by Gasteiger charge is 2.17. The first kappa shape index (κ1) is 50.2. The van der Waals surface area contributed by atoms with Gasteiger partial charge in [0.2, 0.25) is 6.79 Å². The van der Waals surface area contributed by atoms with Gasteiger partial charge in [-0.2, -0.15) is 5.26 Å². The van der Waals surface area contributed by atoms with Gasteiger partial charge >= 0.3 is 0 Å². The molecule has 65 heavy (non-hydrogen) atoms. The monoisotopic (exact) mass is 889 g/mol. The number of methoxy groups -OCH3 is 2. The van der Waals surface area contributed by atoms with E-state index >= 15 is 0 Å². The first-order chi connectivity index (χ1) is 31.4. The molecule has 0 radical (unpaired) electrons. The molecule has 5 aromatic carbocycles. The summed E-state index contributed by atoms with van der Waals surface area (Å²) in [6.45, 7) is 2.43. The van der Waals surface area contributed by atoms with Crippen LogP contribution in [-0.2, 0) is 13.0 Å². The van der Waals surface area contributed by atoms with Crippen LogP contribution in [0, 0.1) is 31.6 Å². The van der Waals surface area contributed by atoms with Gasteiger partial charge in [-0.15, -0.1) is 0 Å². The van der Waals surface area contributed by atoms with Crippen molar-refractivity contribution in [2.24, 2.45) is 0 Å². The number of non-ortho nitro benzene ring substituents is 2. The molecule has 19 heteroatoms. The maximum atomic E-state index is 10.7. The number of aromatic hydroxyl groups is 1. The van der Waals surface area contributed by atoms with Gasteiger partial charge in [-0.05, 0) is 66.2 Å². The van der Waals surface area contributed by atoms with Crippen LogP contribution in [0.5, 0.6) is 34.5 Å². The lowest BCUT2D eigenvalue weighted by molar-refractivity contribution is -0.385. The zero-order valence-corrected chi connectivity index (χ0v) is 34.8. The summed E-state index contributed by atoms with van der Waals surface area (Å²) in [5.41, 5.74) is 2.27. The van der Waals surface area contributed by atoms with Gasteiger partial charge < -0.3 is 33.2 Å². The van der Waals surface area contributed by atoms with Gasteiger partial charge in [-0.3, -0.25) is 44.2 Å². The Kier molecular flexibility index (Phi) is 20.2. The lowest BCUT2D eigenvalue weighted by Gasteiger charge is -2.11. The van der Waals surface area contributed by atoms with Crippen molar-refractivity contribution in [3.8, 4) is 40.6 Å². The van der Waals surface area contributed by atoms with E-state index in [2.05, 4.69) is 4.74 Å². The second-order valence-corrected chi connectivity index (χ2v) is 12.5. The normalized spacial score (nSPS) is 10.1. The van der Waals surface area contributed by atoms with Crippen LogP contribution in [0.4, 0.5) is 11.4 Å². The number of nitriles is 1. The van der Waals surface area contributed by atoms with Crippen molar-refractivity contribution in [3.63, 3.8) is 0 Å². The van der Waals surface area contributed by atoms with Crippen LogP contribution in [0.2, 0.25) is 0 Å². The third-order valence-electron chi connectivity index (χ3n) is 8.42. The highest BCUT2D eigenvalue weighted by molar-refractivity contribution is 5.83. The fourth-order valence-electron chi connectivity index (χ4n) is 5.11. The molecule has 1 aliphatic rings. The van der Waals surface area contributed by atoms with Crippen molar-refractivity contribution >= 4 is 42.8 Å². The summed E-state index contributed by atoms with van der Waals surface area (Å²) < 4.78 is 30.6. The number of rotatable bonds is 13. The molecule has 1 aromatic heterocycles. The van der Waals surface area contributed by atoms with Gasteiger partial charge in [-0.25, -0.2) is 0 Å². The first-order valence-electron chi connectivity index (χ1n) is 18.7. The van der Waals surface area contributed by atoms with Crippen molar-refractivity contribution in [1.82, 2.24) is 0 Å². The summed E-state index contributed by atoms with van der Waals surface area (Å²) in [6, 6.07) is 30.3. The predicted octanol–water partition coefficient (Wildman–Crippen LogP) is 8.37. The molecular formula is C46H39N3O16. The molecule has 19 nitrogen and oxygen atoms in total. The zero-order chi connectivity index (χ0) is 47.7. The van der Waals surface area contributed by atoms with E-state index in [-0.39, 0.29) is 36.1 Å². The van der Waals surface area contributed by atoms with Crippen LogP contribution in [0.1, 0.15) is 75.8 Å². The van der Waals surface area contributed by atoms with Gasteiger partial charge in [0.15, 0.2) is 65.4 Å². The number of ether oxygens (including phenoxy) is 5. The number of phenols is 1. The molecule has 1 N–H and O–H groups in total. The maximum absolute atomic E-state index is 10.7. The average molecular weight is 890 g/mol. The molecule has 1 aliphatic heterocycles. The number of furan rings is 1. The van der Waals surface area contributed by atoms with Crippen molar-refractivity contribution in [2.45, 2.75) is 20.0 Å². The molecule has 0 bridgehead atoms. The highest BCUT2D eigenvalue weighted by atomic mass is 16.7. The Morgan fingerprint density at radius 3 is 1.89 bits per heavy atom. The Labute approximate surface area is 370 Å². The van der Waals surface area contributed by atoms with E-state index < -0.39 is 15.6 Å².